The molecule has 152 valence electrons. The molecule has 1 saturated carbocycles. The third kappa shape index (κ3) is 4.31. The minimum Gasteiger partial charge on any atom is -0.394 e. The number of aliphatic hydroxyl groups excluding tert-OH is 1. The second-order valence-electron chi connectivity index (χ2n) is 7.60. The van der Waals surface area contributed by atoms with E-state index < -0.39 is 12.1 Å². The van der Waals surface area contributed by atoms with Crippen molar-refractivity contribution in [1.29, 1.82) is 0 Å². The first kappa shape index (κ1) is 19.5. The van der Waals surface area contributed by atoms with Crippen LogP contribution in [-0.4, -0.2) is 46.1 Å². The molecule has 2 aromatic rings. The van der Waals surface area contributed by atoms with Gasteiger partial charge in [-0.05, 0) is 42.2 Å². The van der Waals surface area contributed by atoms with Crippen molar-refractivity contribution >= 4 is 17.5 Å². The smallest absolute Gasteiger partial charge is 0.249 e. The van der Waals surface area contributed by atoms with E-state index in [0.29, 0.717) is 6.54 Å². The third-order valence-corrected chi connectivity index (χ3v) is 5.70. The molecule has 0 bridgehead atoms. The average Bonchev–Trinajstić information content (AvgIpc) is 2.69. The number of hydrogen-bond acceptors (Lipinski definition) is 5. The van der Waals surface area contributed by atoms with E-state index in [0.717, 1.165) is 36.1 Å². The van der Waals surface area contributed by atoms with Gasteiger partial charge in [0.1, 0.15) is 12.7 Å². The van der Waals surface area contributed by atoms with E-state index >= 15 is 0 Å². The van der Waals surface area contributed by atoms with Gasteiger partial charge in [0.15, 0.2) is 0 Å². The van der Waals surface area contributed by atoms with Crippen LogP contribution in [0.4, 0.5) is 5.69 Å². The highest BCUT2D eigenvalue weighted by Crippen LogP contribution is 2.31. The molecule has 2 aliphatic rings. The van der Waals surface area contributed by atoms with Gasteiger partial charge in [-0.1, -0.05) is 24.6 Å². The second kappa shape index (κ2) is 8.71. The first-order valence-corrected chi connectivity index (χ1v) is 9.97. The molecule has 1 aromatic heterocycles. The van der Waals surface area contributed by atoms with Crippen molar-refractivity contribution in [3.05, 3.63) is 59.9 Å². The quantitative estimate of drug-likeness (QED) is 0.783. The number of carbonyl (C=O) groups excluding carboxylic acids is 2. The number of rotatable bonds is 6. The van der Waals surface area contributed by atoms with Crippen molar-refractivity contribution in [1.82, 2.24) is 9.88 Å². The summed E-state index contributed by atoms with van der Waals surface area (Å²) in [6, 6.07) is 10.7. The number of aliphatic hydroxyl groups is 1. The summed E-state index contributed by atoms with van der Waals surface area (Å²) < 4.78 is 5.78. The fourth-order valence-electron chi connectivity index (χ4n) is 3.78. The minimum absolute atomic E-state index is 0.0401. The van der Waals surface area contributed by atoms with Crippen LogP contribution in [0.5, 0.6) is 0 Å². The highest BCUT2D eigenvalue weighted by molar-refractivity contribution is 5.93. The molecule has 1 aliphatic carbocycles. The van der Waals surface area contributed by atoms with Crippen molar-refractivity contribution in [2.75, 3.05) is 18.5 Å². The number of morpholine rings is 1. The average molecular weight is 395 g/mol. The lowest BCUT2D eigenvalue weighted by Gasteiger charge is -2.40. The Morgan fingerprint density at radius 2 is 2.03 bits per heavy atom. The number of nitrogens with one attached hydrogen (secondary N) is 1. The fourth-order valence-corrected chi connectivity index (χ4v) is 3.78. The highest BCUT2D eigenvalue weighted by Gasteiger charge is 2.37. The van der Waals surface area contributed by atoms with E-state index in [-0.39, 0.29) is 30.9 Å². The van der Waals surface area contributed by atoms with Crippen LogP contribution in [0, 0.1) is 5.92 Å². The first-order chi connectivity index (χ1) is 14.2. The van der Waals surface area contributed by atoms with Crippen LogP contribution >= 0.6 is 0 Å². The fraction of sp³-hybridized carbons (Fsp3) is 0.409. The van der Waals surface area contributed by atoms with Crippen LogP contribution in [-0.2, 0) is 20.9 Å². The predicted molar refractivity (Wildman–Crippen MR) is 107 cm³/mol. The second-order valence-corrected chi connectivity index (χ2v) is 7.60. The molecule has 1 aromatic carbocycles. The summed E-state index contributed by atoms with van der Waals surface area (Å²) in [5.41, 5.74) is 2.49. The van der Waals surface area contributed by atoms with Gasteiger partial charge in [-0.2, -0.15) is 0 Å². The normalized spacial score (nSPS) is 22.2. The largest absolute Gasteiger partial charge is 0.394 e. The summed E-state index contributed by atoms with van der Waals surface area (Å²) in [7, 11) is 0. The molecule has 7 heteroatoms. The number of hydrogen-bond donors (Lipinski definition) is 2. The molecule has 2 heterocycles. The zero-order valence-electron chi connectivity index (χ0n) is 16.2. The van der Waals surface area contributed by atoms with Gasteiger partial charge in [-0.15, -0.1) is 0 Å². The number of anilines is 1. The van der Waals surface area contributed by atoms with Crippen molar-refractivity contribution in [3.8, 4) is 0 Å². The first-order valence-electron chi connectivity index (χ1n) is 9.97. The van der Waals surface area contributed by atoms with Crippen LogP contribution in [0.2, 0.25) is 0 Å². The Kier molecular flexibility index (Phi) is 5.87. The summed E-state index contributed by atoms with van der Waals surface area (Å²) in [4.78, 5) is 30.3. The molecule has 0 spiro atoms. The molecule has 1 aliphatic heterocycles. The number of carbonyl (C=O) groups is 2. The maximum atomic E-state index is 12.4. The monoisotopic (exact) mass is 395 g/mol. The number of nitrogens with zero attached hydrogens (tertiary/aromatic N) is 2. The molecule has 29 heavy (non-hydrogen) atoms. The zero-order chi connectivity index (χ0) is 20.2. The Hall–Kier alpha value is -2.77. The SMILES string of the molecule is O=C(Nc1ccc([C@H]2OCC(=O)N(Cc3cccnc3)[C@@H]2CO)cc1)C1CCC1. The van der Waals surface area contributed by atoms with E-state index in [9.17, 15) is 14.7 Å². The lowest BCUT2D eigenvalue weighted by Crippen LogP contribution is -2.52. The Labute approximate surface area is 169 Å². The van der Waals surface area contributed by atoms with Gasteiger partial charge < -0.3 is 20.1 Å². The summed E-state index contributed by atoms with van der Waals surface area (Å²) in [5, 5.41) is 13.0. The van der Waals surface area contributed by atoms with Crippen LogP contribution in [0.3, 0.4) is 0 Å². The van der Waals surface area contributed by atoms with Gasteiger partial charge >= 0.3 is 0 Å². The molecule has 2 atom stereocenters. The van der Waals surface area contributed by atoms with Gasteiger partial charge in [0.25, 0.3) is 0 Å². The van der Waals surface area contributed by atoms with Crippen LogP contribution < -0.4 is 5.32 Å². The molecule has 1 saturated heterocycles. The van der Waals surface area contributed by atoms with Crippen molar-refractivity contribution in [2.45, 2.75) is 38.0 Å². The van der Waals surface area contributed by atoms with E-state index in [2.05, 4.69) is 10.3 Å². The number of pyridine rings is 1. The molecule has 0 radical (unpaired) electrons. The van der Waals surface area contributed by atoms with Crippen molar-refractivity contribution in [2.24, 2.45) is 5.92 Å². The predicted octanol–water partition coefficient (Wildman–Crippen LogP) is 2.28. The Balaban J connectivity index is 1.47. The summed E-state index contributed by atoms with van der Waals surface area (Å²) >= 11 is 0. The summed E-state index contributed by atoms with van der Waals surface area (Å²) in [5.74, 6) is 0.0371. The minimum atomic E-state index is -0.494. The number of benzene rings is 1. The van der Waals surface area contributed by atoms with Gasteiger partial charge in [0.05, 0.1) is 12.6 Å². The maximum absolute atomic E-state index is 12.4. The summed E-state index contributed by atoms with van der Waals surface area (Å²) in [6.07, 6.45) is 5.99. The van der Waals surface area contributed by atoms with E-state index in [1.165, 1.54) is 0 Å². The third-order valence-electron chi connectivity index (χ3n) is 5.70. The van der Waals surface area contributed by atoms with E-state index in [1.54, 1.807) is 17.3 Å². The standard InChI is InChI=1S/C22H25N3O4/c26-13-19-21(29-14-20(27)25(19)12-15-3-2-10-23-11-15)16-6-8-18(9-7-16)24-22(28)17-4-1-5-17/h2-3,6-11,17,19,21,26H,1,4-5,12-14H2,(H,24,28)/t19-,21-/m1/s1. The zero-order valence-corrected chi connectivity index (χ0v) is 16.2. The molecular weight excluding hydrogens is 370 g/mol. The molecular formula is C22H25N3O4. The Bertz CT molecular complexity index is 852. The van der Waals surface area contributed by atoms with Crippen molar-refractivity contribution in [3.63, 3.8) is 0 Å². The number of amides is 2. The van der Waals surface area contributed by atoms with E-state index in [1.807, 2.05) is 36.4 Å². The van der Waals surface area contributed by atoms with Gasteiger partial charge in [-0.3, -0.25) is 14.6 Å². The number of ether oxygens (including phenoxy) is 1. The molecule has 2 amide bonds. The highest BCUT2D eigenvalue weighted by atomic mass is 16.5. The lowest BCUT2D eigenvalue weighted by molar-refractivity contribution is -0.162. The maximum Gasteiger partial charge on any atom is 0.249 e. The molecule has 2 fully saturated rings. The molecule has 4 rings (SSSR count). The van der Waals surface area contributed by atoms with Crippen LogP contribution in [0.1, 0.15) is 36.5 Å². The van der Waals surface area contributed by atoms with Crippen LogP contribution in [0.25, 0.3) is 0 Å². The lowest BCUT2D eigenvalue weighted by atomic mass is 9.85. The number of aromatic nitrogens is 1. The molecule has 7 nitrogen and oxygen atoms in total. The Morgan fingerprint density at radius 1 is 1.24 bits per heavy atom. The van der Waals surface area contributed by atoms with E-state index in [4.69, 9.17) is 4.74 Å². The van der Waals surface area contributed by atoms with Gasteiger partial charge in [0, 0.05) is 30.5 Å². The Morgan fingerprint density at radius 3 is 2.66 bits per heavy atom. The van der Waals surface area contributed by atoms with Gasteiger partial charge in [0.2, 0.25) is 11.8 Å². The molecule has 2 N–H and O–H groups in total. The van der Waals surface area contributed by atoms with Crippen molar-refractivity contribution < 1.29 is 19.4 Å². The van der Waals surface area contributed by atoms with Gasteiger partial charge in [-0.25, -0.2) is 0 Å². The van der Waals surface area contributed by atoms with Crippen LogP contribution in [0.15, 0.2) is 48.8 Å². The molecule has 0 unspecified atom stereocenters. The summed E-state index contributed by atoms with van der Waals surface area (Å²) in [6.45, 7) is 0.117. The topological polar surface area (TPSA) is 91.8 Å².